The topological polar surface area (TPSA) is 6.48 Å². The fourth-order valence-electron chi connectivity index (χ4n) is 10.3. The number of benzene rings is 7. The van der Waals surface area contributed by atoms with Crippen molar-refractivity contribution >= 4 is 88.7 Å². The summed E-state index contributed by atoms with van der Waals surface area (Å²) in [5.41, 5.74) is 18.2. The summed E-state index contributed by atoms with van der Waals surface area (Å²) in [4.78, 5) is 5.03. The van der Waals surface area contributed by atoms with Gasteiger partial charge in [0.25, 0.3) is 0 Å². The van der Waals surface area contributed by atoms with E-state index < -0.39 is 0 Å². The van der Waals surface area contributed by atoms with Crippen LogP contribution in [0.4, 0.5) is 34.1 Å². The minimum atomic E-state index is -0.299. The van der Waals surface area contributed by atoms with Gasteiger partial charge in [-0.3, -0.25) is 0 Å². The van der Waals surface area contributed by atoms with Crippen molar-refractivity contribution in [3.63, 3.8) is 0 Å². The fourth-order valence-corrected chi connectivity index (χ4v) is 11.4. The van der Waals surface area contributed by atoms with Crippen LogP contribution < -0.4 is 26.2 Å². The van der Waals surface area contributed by atoms with Crippen LogP contribution in [0.5, 0.6) is 0 Å². The van der Waals surface area contributed by atoms with Crippen LogP contribution in [0, 0.1) is 0 Å². The maximum atomic E-state index is 2.56. The second-order valence-electron chi connectivity index (χ2n) is 21.1. The standard InChI is InChI=1S/C57H57BN2S/c1-54(2,3)36-21-24-39(25-22-36)60-48-30-23-37(55(4,5)6)33-47(48)58-46-29-26-41(35-45(46)57(10,11)52-44(56(7,8)9)28-31-49(60)53(52)58)59(38-17-13-12-14-18-38)40-27-32-51-43(34-40)42-19-15-16-20-50(42)61-51/h12-35H,1-11H3. The molecule has 2 aliphatic heterocycles. The van der Waals surface area contributed by atoms with Crippen molar-refractivity contribution in [2.45, 2.75) is 97.8 Å². The molecule has 0 bridgehead atoms. The number of fused-ring (bicyclic) bond motifs is 7. The molecule has 1 aromatic heterocycles. The average molecular weight is 813 g/mol. The van der Waals surface area contributed by atoms with Crippen LogP contribution in [0.1, 0.15) is 104 Å². The molecule has 0 N–H and O–H groups in total. The number of anilines is 6. The zero-order valence-electron chi connectivity index (χ0n) is 37.7. The summed E-state index contributed by atoms with van der Waals surface area (Å²) in [6.07, 6.45) is 0. The summed E-state index contributed by atoms with van der Waals surface area (Å²) in [6.45, 7) is 26.1. The highest BCUT2D eigenvalue weighted by atomic mass is 32.1. The molecule has 3 heterocycles. The van der Waals surface area contributed by atoms with Crippen LogP contribution in [0.25, 0.3) is 20.2 Å². The van der Waals surface area contributed by atoms with Crippen LogP contribution in [0.3, 0.4) is 0 Å². The third-order valence-electron chi connectivity index (χ3n) is 13.5. The molecule has 0 fully saturated rings. The first kappa shape index (κ1) is 39.6. The summed E-state index contributed by atoms with van der Waals surface area (Å²) < 4.78 is 2.64. The first-order valence-electron chi connectivity index (χ1n) is 22.1. The van der Waals surface area contributed by atoms with Gasteiger partial charge in [0.1, 0.15) is 0 Å². The van der Waals surface area contributed by atoms with Gasteiger partial charge >= 0.3 is 0 Å². The fraction of sp³-hybridized carbons (Fsp3) is 0.263. The lowest BCUT2D eigenvalue weighted by atomic mass is 9.29. The number of para-hydroxylation sites is 1. The normalized spacial score (nSPS) is 14.5. The Morgan fingerprint density at radius 2 is 1.13 bits per heavy atom. The van der Waals surface area contributed by atoms with E-state index >= 15 is 0 Å². The van der Waals surface area contributed by atoms with Crippen molar-refractivity contribution in [2.75, 3.05) is 9.80 Å². The predicted molar refractivity (Wildman–Crippen MR) is 268 cm³/mol. The number of thiophene rings is 1. The molecule has 0 unspecified atom stereocenters. The summed E-state index contributed by atoms with van der Waals surface area (Å²) in [6, 6.07) is 55.7. The molecule has 0 spiro atoms. The van der Waals surface area contributed by atoms with E-state index in [9.17, 15) is 0 Å². The van der Waals surface area contributed by atoms with E-state index in [1.807, 2.05) is 11.3 Å². The second-order valence-corrected chi connectivity index (χ2v) is 22.2. The molecule has 10 rings (SSSR count). The van der Waals surface area contributed by atoms with Crippen molar-refractivity contribution in [2.24, 2.45) is 0 Å². The largest absolute Gasteiger partial charge is 0.312 e. The van der Waals surface area contributed by atoms with E-state index in [0.29, 0.717) is 0 Å². The van der Waals surface area contributed by atoms with Crippen molar-refractivity contribution in [3.8, 4) is 0 Å². The molecular formula is C57H57BN2S. The zero-order valence-corrected chi connectivity index (χ0v) is 38.6. The van der Waals surface area contributed by atoms with Gasteiger partial charge < -0.3 is 9.80 Å². The molecule has 0 radical (unpaired) electrons. The molecule has 0 atom stereocenters. The molecule has 2 nitrogen and oxygen atoms in total. The van der Waals surface area contributed by atoms with Gasteiger partial charge in [0.2, 0.25) is 6.71 Å². The highest BCUT2D eigenvalue weighted by molar-refractivity contribution is 7.25. The molecule has 61 heavy (non-hydrogen) atoms. The lowest BCUT2D eigenvalue weighted by Gasteiger charge is -2.48. The van der Waals surface area contributed by atoms with Gasteiger partial charge in [0.15, 0.2) is 0 Å². The Kier molecular flexibility index (Phi) is 8.89. The molecule has 4 heteroatoms. The van der Waals surface area contributed by atoms with Gasteiger partial charge in [-0.2, -0.15) is 0 Å². The lowest BCUT2D eigenvalue weighted by Crippen LogP contribution is -2.64. The molecule has 2 aliphatic rings. The lowest BCUT2D eigenvalue weighted by molar-refractivity contribution is 0.552. The third kappa shape index (κ3) is 6.35. The Hall–Kier alpha value is -5.58. The van der Waals surface area contributed by atoms with Crippen molar-refractivity contribution in [1.82, 2.24) is 0 Å². The highest BCUT2D eigenvalue weighted by Crippen LogP contribution is 2.48. The Bertz CT molecular complexity index is 3010. The van der Waals surface area contributed by atoms with E-state index in [4.69, 9.17) is 0 Å². The highest BCUT2D eigenvalue weighted by Gasteiger charge is 2.48. The Balaban J connectivity index is 1.23. The summed E-state index contributed by atoms with van der Waals surface area (Å²) in [5.74, 6) is 0. The Labute approximate surface area is 368 Å². The van der Waals surface area contributed by atoms with E-state index in [2.05, 4.69) is 232 Å². The SMILES string of the molecule is CC(C)(C)c1ccc(N2c3ccc(C(C)(C)C)cc3B3c4ccc(N(c5ccccc5)c5ccc6sc7ccccc7c6c5)cc4C(C)(C)c4c(C(C)(C)C)ccc2c43)cc1. The van der Waals surface area contributed by atoms with Crippen molar-refractivity contribution in [1.29, 1.82) is 0 Å². The molecule has 0 aliphatic carbocycles. The second kappa shape index (κ2) is 13.7. The van der Waals surface area contributed by atoms with E-state index in [-0.39, 0.29) is 28.4 Å². The zero-order chi connectivity index (χ0) is 42.8. The smallest absolute Gasteiger partial charge is 0.247 e. The van der Waals surface area contributed by atoms with Crippen LogP contribution in [-0.4, -0.2) is 6.71 Å². The van der Waals surface area contributed by atoms with Crippen molar-refractivity contribution < 1.29 is 0 Å². The Morgan fingerprint density at radius 1 is 0.508 bits per heavy atom. The summed E-state index contributed by atoms with van der Waals surface area (Å²) in [7, 11) is 0. The maximum absolute atomic E-state index is 2.56. The number of rotatable bonds is 4. The molecule has 304 valence electrons. The van der Waals surface area contributed by atoms with Gasteiger partial charge in [-0.15, -0.1) is 11.3 Å². The predicted octanol–water partition coefficient (Wildman–Crippen LogP) is 14.4. The summed E-state index contributed by atoms with van der Waals surface area (Å²) >= 11 is 1.87. The molecule has 0 amide bonds. The van der Waals surface area contributed by atoms with Crippen molar-refractivity contribution in [3.05, 3.63) is 173 Å². The van der Waals surface area contributed by atoms with Gasteiger partial charge in [-0.25, -0.2) is 0 Å². The molecule has 7 aromatic carbocycles. The molecule has 0 saturated heterocycles. The van der Waals surface area contributed by atoms with Gasteiger partial charge in [-0.1, -0.05) is 154 Å². The first-order chi connectivity index (χ1) is 28.9. The van der Waals surface area contributed by atoms with E-state index in [0.717, 1.165) is 5.69 Å². The monoisotopic (exact) mass is 812 g/mol. The Morgan fingerprint density at radius 3 is 1.84 bits per heavy atom. The maximum Gasteiger partial charge on any atom is 0.247 e. The van der Waals surface area contributed by atoms with Crippen LogP contribution in [-0.2, 0) is 21.7 Å². The third-order valence-corrected chi connectivity index (χ3v) is 14.7. The van der Waals surface area contributed by atoms with E-state index in [1.165, 1.54) is 92.8 Å². The quantitative estimate of drug-likeness (QED) is 0.163. The number of hydrogen-bond donors (Lipinski definition) is 0. The van der Waals surface area contributed by atoms with Gasteiger partial charge in [-0.05, 0) is 128 Å². The number of hydrogen-bond acceptors (Lipinski definition) is 3. The molecule has 8 aromatic rings. The van der Waals surface area contributed by atoms with Gasteiger partial charge in [0, 0.05) is 59.7 Å². The minimum Gasteiger partial charge on any atom is -0.312 e. The molecular weight excluding hydrogens is 756 g/mol. The average Bonchev–Trinajstić information content (AvgIpc) is 3.59. The van der Waals surface area contributed by atoms with Crippen LogP contribution in [0.2, 0.25) is 0 Å². The summed E-state index contributed by atoms with van der Waals surface area (Å²) in [5, 5.41) is 2.62. The first-order valence-corrected chi connectivity index (χ1v) is 22.9. The number of nitrogens with zero attached hydrogens (tertiary/aromatic N) is 2. The van der Waals surface area contributed by atoms with Gasteiger partial charge in [0.05, 0.1) is 0 Å². The van der Waals surface area contributed by atoms with Crippen LogP contribution >= 0.6 is 11.3 Å². The molecule has 0 saturated carbocycles. The van der Waals surface area contributed by atoms with E-state index in [1.54, 1.807) is 0 Å². The van der Waals surface area contributed by atoms with Crippen LogP contribution in [0.15, 0.2) is 146 Å². The minimum absolute atomic E-state index is 0.00370.